The number of hydrogen-bond acceptors (Lipinski definition) is 1. The maximum Gasteiger partial charge on any atom is 0.136 e. The molecule has 4 saturated carbocycles. The van der Waals surface area contributed by atoms with Crippen LogP contribution in [0.5, 0.6) is 0 Å². The fourth-order valence-corrected chi connectivity index (χ4v) is 7.45. The van der Waals surface area contributed by atoms with Crippen LogP contribution in [0.1, 0.15) is 79.1 Å². The summed E-state index contributed by atoms with van der Waals surface area (Å²) in [5.74, 6) is 5.26. The highest BCUT2D eigenvalue weighted by molar-refractivity contribution is 5.82. The average Bonchev–Trinajstić information content (AvgIpc) is 3.10. The summed E-state index contributed by atoms with van der Waals surface area (Å²) in [5, 5.41) is 0. The van der Waals surface area contributed by atoms with Crippen LogP contribution in [0.15, 0.2) is 0 Å². The molecule has 0 aromatic rings. The van der Waals surface area contributed by atoms with E-state index in [0.29, 0.717) is 28.4 Å². The maximum absolute atomic E-state index is 12.8. The van der Waals surface area contributed by atoms with Crippen molar-refractivity contribution in [3.63, 3.8) is 0 Å². The van der Waals surface area contributed by atoms with Crippen LogP contribution in [0.3, 0.4) is 0 Å². The first-order valence-electron chi connectivity index (χ1n) is 9.84. The summed E-state index contributed by atoms with van der Waals surface area (Å²) in [6.45, 7) is 9.80. The molecule has 6 atom stereocenters. The number of carbonyl (C=O) groups is 1. The van der Waals surface area contributed by atoms with Crippen LogP contribution in [0.25, 0.3) is 0 Å². The van der Waals surface area contributed by atoms with Gasteiger partial charge in [-0.05, 0) is 85.4 Å². The molecule has 6 unspecified atom stereocenters. The van der Waals surface area contributed by atoms with Gasteiger partial charge in [-0.3, -0.25) is 4.79 Å². The van der Waals surface area contributed by atoms with E-state index in [0.717, 1.165) is 30.1 Å². The number of fused-ring (bicyclic) bond motifs is 4. The van der Waals surface area contributed by atoms with Crippen molar-refractivity contribution in [3.8, 4) is 0 Å². The molecule has 4 fully saturated rings. The van der Waals surface area contributed by atoms with E-state index in [2.05, 4.69) is 27.7 Å². The number of Topliss-reactive ketones (excluding diaryl/α,β-unsaturated/α-hetero) is 1. The van der Waals surface area contributed by atoms with Gasteiger partial charge in [0.2, 0.25) is 0 Å². The van der Waals surface area contributed by atoms with E-state index in [1.54, 1.807) is 0 Å². The quantitative estimate of drug-likeness (QED) is 0.672. The third-order valence-electron chi connectivity index (χ3n) is 9.02. The lowest BCUT2D eigenvalue weighted by molar-refractivity contribution is -0.125. The van der Waals surface area contributed by atoms with Crippen LogP contribution in [0.2, 0.25) is 0 Å². The zero-order chi connectivity index (χ0) is 15.7. The summed E-state index contributed by atoms with van der Waals surface area (Å²) < 4.78 is 0. The predicted octanol–water partition coefficient (Wildman–Crippen LogP) is 5.48. The molecule has 4 rings (SSSR count). The lowest BCUT2D eigenvalue weighted by atomic mass is 9.76. The minimum absolute atomic E-state index is 0.417. The van der Waals surface area contributed by atoms with E-state index in [9.17, 15) is 4.79 Å². The molecule has 0 N–H and O–H groups in total. The minimum atomic E-state index is 0.417. The van der Waals surface area contributed by atoms with Crippen molar-refractivity contribution < 1.29 is 4.79 Å². The summed E-state index contributed by atoms with van der Waals surface area (Å²) in [6.07, 6.45) is 10.3. The normalized spacial score (nSPS) is 47.3. The van der Waals surface area contributed by atoms with Crippen LogP contribution in [0, 0.1) is 46.3 Å². The monoisotopic (exact) mass is 302 g/mol. The van der Waals surface area contributed by atoms with Crippen molar-refractivity contribution in [2.24, 2.45) is 46.3 Å². The molecular formula is C21H34O. The van der Waals surface area contributed by atoms with Crippen molar-refractivity contribution >= 4 is 5.78 Å². The van der Waals surface area contributed by atoms with E-state index < -0.39 is 0 Å². The highest BCUT2D eigenvalue weighted by atomic mass is 16.1. The molecule has 22 heavy (non-hydrogen) atoms. The van der Waals surface area contributed by atoms with Crippen LogP contribution in [-0.4, -0.2) is 5.78 Å². The Bertz CT molecular complexity index is 474. The Balaban J connectivity index is 1.35. The molecule has 4 bridgehead atoms. The van der Waals surface area contributed by atoms with E-state index in [1.807, 2.05) is 0 Å². The Morgan fingerprint density at radius 3 is 1.91 bits per heavy atom. The molecule has 4 aliphatic carbocycles. The zero-order valence-corrected chi connectivity index (χ0v) is 15.0. The molecule has 0 aliphatic heterocycles. The van der Waals surface area contributed by atoms with Crippen molar-refractivity contribution in [2.45, 2.75) is 79.1 Å². The minimum Gasteiger partial charge on any atom is -0.299 e. The van der Waals surface area contributed by atoms with Crippen molar-refractivity contribution in [1.82, 2.24) is 0 Å². The van der Waals surface area contributed by atoms with Gasteiger partial charge in [0.05, 0.1) is 0 Å². The van der Waals surface area contributed by atoms with Gasteiger partial charge >= 0.3 is 0 Å². The molecule has 0 aromatic carbocycles. The summed E-state index contributed by atoms with van der Waals surface area (Å²) in [7, 11) is 0. The largest absolute Gasteiger partial charge is 0.299 e. The first-order chi connectivity index (χ1) is 10.3. The number of rotatable bonds is 4. The topological polar surface area (TPSA) is 17.1 Å². The lowest BCUT2D eigenvalue weighted by Gasteiger charge is -2.28. The summed E-state index contributed by atoms with van der Waals surface area (Å²) in [5.41, 5.74) is 0.997. The first kappa shape index (κ1) is 15.2. The highest BCUT2D eigenvalue weighted by Crippen LogP contribution is 2.62. The molecule has 0 saturated heterocycles. The van der Waals surface area contributed by atoms with Gasteiger partial charge in [-0.1, -0.05) is 27.7 Å². The van der Waals surface area contributed by atoms with Crippen LogP contribution < -0.4 is 0 Å². The second kappa shape index (κ2) is 4.84. The van der Waals surface area contributed by atoms with Gasteiger partial charge in [-0.25, -0.2) is 0 Å². The van der Waals surface area contributed by atoms with Gasteiger partial charge in [0.1, 0.15) is 5.78 Å². The van der Waals surface area contributed by atoms with E-state index in [4.69, 9.17) is 0 Å². The molecular weight excluding hydrogens is 268 g/mol. The Hall–Kier alpha value is -0.330. The molecule has 4 aliphatic rings. The summed E-state index contributed by atoms with van der Waals surface area (Å²) >= 11 is 0. The Morgan fingerprint density at radius 1 is 0.864 bits per heavy atom. The fourth-order valence-electron chi connectivity index (χ4n) is 7.45. The second-order valence-corrected chi connectivity index (χ2v) is 10.2. The van der Waals surface area contributed by atoms with Crippen LogP contribution in [-0.2, 0) is 4.79 Å². The lowest BCUT2D eigenvalue weighted by Crippen LogP contribution is -2.26. The van der Waals surface area contributed by atoms with Gasteiger partial charge in [0.25, 0.3) is 0 Å². The number of ketones is 1. The standard InChI is InChI=1S/C21H34O/c1-20(2)14-6-8-17(20)13(11-14)5-10-19(22)16-12-15-7-9-18(16)21(15,3)4/h13-18H,5-12H2,1-4H3. The Labute approximate surface area is 136 Å². The maximum atomic E-state index is 12.8. The van der Waals surface area contributed by atoms with Crippen LogP contribution in [0.4, 0.5) is 0 Å². The van der Waals surface area contributed by atoms with Gasteiger partial charge < -0.3 is 0 Å². The summed E-state index contributed by atoms with van der Waals surface area (Å²) in [4.78, 5) is 12.8. The molecule has 0 heterocycles. The van der Waals surface area contributed by atoms with Crippen LogP contribution >= 0.6 is 0 Å². The number of carbonyl (C=O) groups excluding carboxylic acids is 1. The first-order valence-corrected chi connectivity index (χ1v) is 9.84. The number of hydrogen-bond donors (Lipinski definition) is 0. The molecule has 0 radical (unpaired) electrons. The predicted molar refractivity (Wildman–Crippen MR) is 90.4 cm³/mol. The second-order valence-electron chi connectivity index (χ2n) is 10.2. The van der Waals surface area contributed by atoms with Gasteiger partial charge in [0.15, 0.2) is 0 Å². The summed E-state index contributed by atoms with van der Waals surface area (Å²) in [6, 6.07) is 0. The average molecular weight is 303 g/mol. The Morgan fingerprint density at radius 2 is 1.45 bits per heavy atom. The van der Waals surface area contributed by atoms with E-state index in [1.165, 1.54) is 44.9 Å². The molecule has 0 aromatic heterocycles. The smallest absolute Gasteiger partial charge is 0.136 e. The molecule has 124 valence electrons. The SMILES string of the molecule is CC1(C)C2CCC1C(CCC(=O)C1CC3CCC1C3(C)C)C2. The van der Waals surface area contributed by atoms with Gasteiger partial charge in [0, 0.05) is 12.3 Å². The zero-order valence-electron chi connectivity index (χ0n) is 15.0. The van der Waals surface area contributed by atoms with E-state index >= 15 is 0 Å². The van der Waals surface area contributed by atoms with Gasteiger partial charge in [-0.2, -0.15) is 0 Å². The third kappa shape index (κ3) is 1.99. The molecule has 1 nitrogen and oxygen atoms in total. The van der Waals surface area contributed by atoms with Crippen molar-refractivity contribution in [3.05, 3.63) is 0 Å². The Kier molecular flexibility index (Phi) is 3.34. The third-order valence-corrected chi connectivity index (χ3v) is 9.02. The highest BCUT2D eigenvalue weighted by Gasteiger charge is 2.56. The van der Waals surface area contributed by atoms with E-state index in [-0.39, 0.29) is 0 Å². The van der Waals surface area contributed by atoms with Gasteiger partial charge in [-0.15, -0.1) is 0 Å². The fraction of sp³-hybridized carbons (Fsp3) is 0.952. The molecule has 0 spiro atoms. The molecule has 1 heteroatoms. The molecule has 0 amide bonds. The van der Waals surface area contributed by atoms with Crippen molar-refractivity contribution in [2.75, 3.05) is 0 Å². The van der Waals surface area contributed by atoms with Crippen molar-refractivity contribution in [1.29, 1.82) is 0 Å².